The summed E-state index contributed by atoms with van der Waals surface area (Å²) in [7, 11) is -2.40. The number of nitrogens with zero attached hydrogens (tertiary/aromatic N) is 2. The van der Waals surface area contributed by atoms with E-state index in [1.54, 1.807) is 0 Å². The van der Waals surface area contributed by atoms with Crippen molar-refractivity contribution in [2.45, 2.75) is 0 Å². The van der Waals surface area contributed by atoms with Crippen LogP contribution in [0.4, 0.5) is 5.88 Å². The van der Waals surface area contributed by atoms with Crippen LogP contribution < -0.4 is 26.2 Å². The first-order chi connectivity index (χ1) is 17.9. The first kappa shape index (κ1) is 22.7. The van der Waals surface area contributed by atoms with Crippen LogP contribution in [0.25, 0.3) is 11.5 Å². The van der Waals surface area contributed by atoms with Crippen LogP contribution in [0.2, 0.25) is 0 Å². The number of ether oxygens (including phenoxy) is 1. The molecular formula is C31H28N2O2P+. The summed E-state index contributed by atoms with van der Waals surface area (Å²) in [4.78, 5) is 7.66. The highest BCUT2D eigenvalue weighted by Crippen LogP contribution is 2.56. The Hall–Kier alpha value is -3.72. The normalized spacial score (nSPS) is 14.1. The highest BCUT2D eigenvalue weighted by atomic mass is 31.2. The van der Waals surface area contributed by atoms with E-state index in [1.165, 1.54) is 15.9 Å². The Balaban J connectivity index is 1.71. The standard InChI is InChI=1S/C31H28N2O2P/c1-5-13-25(14-6-1)29-32-30(31(35-29)33-21-23-34-24-22-33)36(26-15-7-2-8-16-26,27-17-9-3-10-18-27)28-19-11-4-12-20-28/h1-20H,21-24H2/q+1. The van der Waals surface area contributed by atoms with Crippen molar-refractivity contribution in [3.05, 3.63) is 121 Å². The van der Waals surface area contributed by atoms with E-state index < -0.39 is 7.26 Å². The first-order valence-corrected chi connectivity index (χ1v) is 14.1. The van der Waals surface area contributed by atoms with E-state index in [4.69, 9.17) is 14.1 Å². The molecule has 1 saturated heterocycles. The fourth-order valence-corrected chi connectivity index (χ4v) is 9.17. The van der Waals surface area contributed by atoms with Crippen LogP contribution in [-0.2, 0) is 4.74 Å². The lowest BCUT2D eigenvalue weighted by Gasteiger charge is -2.30. The number of oxazole rings is 1. The van der Waals surface area contributed by atoms with Gasteiger partial charge in [0.2, 0.25) is 5.89 Å². The van der Waals surface area contributed by atoms with E-state index in [-0.39, 0.29) is 0 Å². The van der Waals surface area contributed by atoms with Gasteiger partial charge >= 0.3 is 0 Å². The van der Waals surface area contributed by atoms with Crippen LogP contribution in [-0.4, -0.2) is 31.3 Å². The third kappa shape index (κ3) is 4.03. The number of benzene rings is 4. The van der Waals surface area contributed by atoms with E-state index in [2.05, 4.69) is 108 Å². The average molecular weight is 492 g/mol. The fourth-order valence-electron chi connectivity index (χ4n) is 4.97. The number of rotatable bonds is 6. The summed E-state index contributed by atoms with van der Waals surface area (Å²) in [5.74, 6) is 1.50. The molecule has 1 aliphatic rings. The van der Waals surface area contributed by atoms with Crippen molar-refractivity contribution in [2.75, 3.05) is 31.2 Å². The zero-order valence-corrected chi connectivity index (χ0v) is 20.9. The molecule has 1 fully saturated rings. The summed E-state index contributed by atoms with van der Waals surface area (Å²) >= 11 is 0. The van der Waals surface area contributed by atoms with E-state index in [0.29, 0.717) is 19.1 Å². The van der Waals surface area contributed by atoms with Crippen molar-refractivity contribution < 1.29 is 9.15 Å². The van der Waals surface area contributed by atoms with Gasteiger partial charge in [-0.2, -0.15) is 4.98 Å². The number of hydrogen-bond acceptors (Lipinski definition) is 4. The largest absolute Gasteiger partial charge is 0.416 e. The lowest BCUT2D eigenvalue weighted by molar-refractivity contribution is 0.121. The van der Waals surface area contributed by atoms with Crippen molar-refractivity contribution >= 4 is 34.5 Å². The smallest absolute Gasteiger partial charge is 0.262 e. The second-order valence-electron chi connectivity index (χ2n) is 8.79. The lowest BCUT2D eigenvalue weighted by atomic mass is 10.2. The monoisotopic (exact) mass is 491 g/mol. The van der Waals surface area contributed by atoms with Crippen LogP contribution in [0.1, 0.15) is 0 Å². The molecule has 36 heavy (non-hydrogen) atoms. The summed E-state index contributed by atoms with van der Waals surface area (Å²) in [6, 6.07) is 42.7. The minimum Gasteiger partial charge on any atom is -0.416 e. The molecule has 1 aliphatic heterocycles. The van der Waals surface area contributed by atoms with Crippen molar-refractivity contribution in [1.82, 2.24) is 4.98 Å². The van der Waals surface area contributed by atoms with E-state index in [0.717, 1.165) is 30.0 Å². The van der Waals surface area contributed by atoms with Gasteiger partial charge < -0.3 is 14.1 Å². The Morgan fingerprint density at radius 3 is 1.50 bits per heavy atom. The van der Waals surface area contributed by atoms with Crippen LogP contribution in [0, 0.1) is 0 Å². The van der Waals surface area contributed by atoms with Crippen molar-refractivity contribution in [3.63, 3.8) is 0 Å². The number of anilines is 1. The Bertz CT molecular complexity index is 1300. The first-order valence-electron chi connectivity index (χ1n) is 12.3. The Morgan fingerprint density at radius 1 is 0.583 bits per heavy atom. The zero-order valence-electron chi connectivity index (χ0n) is 20.0. The summed E-state index contributed by atoms with van der Waals surface area (Å²) in [5.41, 5.74) is 1.98. The molecule has 0 atom stereocenters. The molecule has 0 amide bonds. The van der Waals surface area contributed by atoms with Crippen LogP contribution >= 0.6 is 7.26 Å². The van der Waals surface area contributed by atoms with Crippen LogP contribution in [0.3, 0.4) is 0 Å². The van der Waals surface area contributed by atoms with Crippen LogP contribution in [0.15, 0.2) is 126 Å². The minimum absolute atomic E-state index is 0.652. The molecule has 178 valence electrons. The molecule has 0 saturated carbocycles. The summed E-state index contributed by atoms with van der Waals surface area (Å²) < 4.78 is 12.4. The van der Waals surface area contributed by atoms with Gasteiger partial charge in [-0.3, -0.25) is 0 Å². The van der Waals surface area contributed by atoms with Crippen molar-refractivity contribution in [1.29, 1.82) is 0 Å². The topological polar surface area (TPSA) is 38.5 Å². The molecule has 1 aromatic heterocycles. The molecule has 0 spiro atoms. The molecule has 0 radical (unpaired) electrons. The Labute approximate surface area is 212 Å². The maximum Gasteiger partial charge on any atom is 0.262 e. The number of hydrogen-bond donors (Lipinski definition) is 0. The maximum absolute atomic E-state index is 6.70. The van der Waals surface area contributed by atoms with Gasteiger partial charge in [0, 0.05) is 18.7 Å². The third-order valence-electron chi connectivity index (χ3n) is 6.66. The summed E-state index contributed by atoms with van der Waals surface area (Å²) in [6.45, 7) is 2.89. The fraction of sp³-hybridized carbons (Fsp3) is 0.129. The zero-order chi connectivity index (χ0) is 24.2. The Kier molecular flexibility index (Phi) is 6.38. The summed E-state index contributed by atoms with van der Waals surface area (Å²) in [6.07, 6.45) is 0. The molecule has 5 aromatic rings. The van der Waals surface area contributed by atoms with Gasteiger partial charge in [0.15, 0.2) is 7.26 Å². The lowest BCUT2D eigenvalue weighted by Crippen LogP contribution is -2.44. The van der Waals surface area contributed by atoms with E-state index in [9.17, 15) is 0 Å². The Morgan fingerprint density at radius 2 is 1.03 bits per heavy atom. The van der Waals surface area contributed by atoms with Gasteiger partial charge in [0.25, 0.3) is 11.3 Å². The van der Waals surface area contributed by atoms with Gasteiger partial charge in [-0.15, -0.1) is 0 Å². The third-order valence-corrected chi connectivity index (χ3v) is 10.8. The maximum atomic E-state index is 6.70. The van der Waals surface area contributed by atoms with Gasteiger partial charge in [0.05, 0.1) is 13.2 Å². The summed E-state index contributed by atoms with van der Waals surface area (Å²) in [5, 5.41) is 3.76. The molecule has 0 N–H and O–H groups in total. The van der Waals surface area contributed by atoms with Crippen molar-refractivity contribution in [2.24, 2.45) is 0 Å². The molecule has 6 rings (SSSR count). The van der Waals surface area contributed by atoms with Gasteiger partial charge in [-0.25, -0.2) is 0 Å². The quantitative estimate of drug-likeness (QED) is 0.320. The minimum atomic E-state index is -2.40. The van der Waals surface area contributed by atoms with Gasteiger partial charge in [0.1, 0.15) is 15.9 Å². The SMILES string of the molecule is c1ccc(-c2nc([P+](c3ccccc3)(c3ccccc3)c3ccccc3)c(N3CCOCC3)o2)cc1. The highest BCUT2D eigenvalue weighted by molar-refractivity contribution is 8.01. The molecule has 2 heterocycles. The molecule has 0 aliphatic carbocycles. The predicted octanol–water partition coefficient (Wildman–Crippen LogP) is 4.80. The molecule has 0 bridgehead atoms. The second-order valence-corrected chi connectivity index (χ2v) is 12.1. The van der Waals surface area contributed by atoms with Gasteiger partial charge in [-0.05, 0) is 48.5 Å². The van der Waals surface area contributed by atoms with Crippen molar-refractivity contribution in [3.8, 4) is 11.5 Å². The van der Waals surface area contributed by atoms with Gasteiger partial charge in [-0.1, -0.05) is 72.8 Å². The second kappa shape index (κ2) is 10.1. The highest BCUT2D eigenvalue weighted by Gasteiger charge is 2.53. The molecule has 4 nitrogen and oxygen atoms in total. The van der Waals surface area contributed by atoms with Crippen LogP contribution in [0.5, 0.6) is 0 Å². The molecule has 5 heteroatoms. The van der Waals surface area contributed by atoms with E-state index in [1.807, 2.05) is 18.2 Å². The molecular weight excluding hydrogens is 463 g/mol. The number of aromatic nitrogens is 1. The number of morpholine rings is 1. The molecule has 4 aromatic carbocycles. The predicted molar refractivity (Wildman–Crippen MR) is 150 cm³/mol. The molecule has 0 unspecified atom stereocenters. The van der Waals surface area contributed by atoms with E-state index >= 15 is 0 Å². The average Bonchev–Trinajstić information content (AvgIpc) is 3.42.